The largest absolute Gasteiger partial charge is 0.317 e. The van der Waals surface area contributed by atoms with Crippen molar-refractivity contribution in [3.05, 3.63) is 0 Å². The van der Waals surface area contributed by atoms with Crippen LogP contribution < -0.4 is 5.32 Å². The van der Waals surface area contributed by atoms with Gasteiger partial charge in [0, 0.05) is 18.6 Å². The molecule has 1 aliphatic heterocycles. The highest BCUT2D eigenvalue weighted by Gasteiger charge is 2.28. The van der Waals surface area contributed by atoms with Crippen molar-refractivity contribution in [3.8, 4) is 0 Å². The molecule has 0 aromatic rings. The molecule has 118 valence electrons. The number of piperidine rings is 1. The fourth-order valence-corrected chi connectivity index (χ4v) is 4.32. The minimum Gasteiger partial charge on any atom is -0.317 e. The molecule has 1 aliphatic carbocycles. The minimum absolute atomic E-state index is 0.720. The van der Waals surface area contributed by atoms with E-state index in [-0.39, 0.29) is 0 Å². The second-order valence-corrected chi connectivity index (χ2v) is 7.45. The summed E-state index contributed by atoms with van der Waals surface area (Å²) in [7, 11) is 0. The molecule has 1 saturated carbocycles. The Morgan fingerprint density at radius 3 is 2.15 bits per heavy atom. The monoisotopic (exact) mass is 280 g/mol. The third-order valence-corrected chi connectivity index (χ3v) is 5.57. The van der Waals surface area contributed by atoms with Gasteiger partial charge in [-0.25, -0.2) is 0 Å². The van der Waals surface area contributed by atoms with E-state index in [4.69, 9.17) is 0 Å². The molecule has 2 aliphatic rings. The lowest BCUT2D eigenvalue weighted by atomic mass is 9.82. The van der Waals surface area contributed by atoms with Crippen molar-refractivity contribution in [2.75, 3.05) is 19.6 Å². The van der Waals surface area contributed by atoms with E-state index < -0.39 is 0 Å². The molecule has 0 aromatic heterocycles. The summed E-state index contributed by atoms with van der Waals surface area (Å²) in [4.78, 5) is 2.85. The molecule has 0 amide bonds. The molecule has 20 heavy (non-hydrogen) atoms. The van der Waals surface area contributed by atoms with E-state index in [1.54, 1.807) is 0 Å². The molecule has 1 heterocycles. The standard InChI is InChI=1S/C18H36N2/c1-4-5-16-6-8-18(9-7-16)20(15(2)3)14-17-10-12-19-13-11-17/h15-19H,4-14H2,1-3H3. The van der Waals surface area contributed by atoms with Gasteiger partial charge in [-0.05, 0) is 77.3 Å². The second kappa shape index (κ2) is 8.38. The summed E-state index contributed by atoms with van der Waals surface area (Å²) < 4.78 is 0. The zero-order valence-electron chi connectivity index (χ0n) is 14.0. The molecule has 0 atom stereocenters. The summed E-state index contributed by atoms with van der Waals surface area (Å²) in [5, 5.41) is 3.50. The van der Waals surface area contributed by atoms with Crippen molar-refractivity contribution in [1.29, 1.82) is 0 Å². The molecule has 0 spiro atoms. The Balaban J connectivity index is 1.82. The van der Waals surface area contributed by atoms with E-state index in [1.807, 2.05) is 0 Å². The Morgan fingerprint density at radius 1 is 0.950 bits per heavy atom. The maximum Gasteiger partial charge on any atom is 0.00982 e. The lowest BCUT2D eigenvalue weighted by Crippen LogP contribution is -2.46. The summed E-state index contributed by atoms with van der Waals surface area (Å²) in [6, 6.07) is 1.59. The summed E-state index contributed by atoms with van der Waals surface area (Å²) >= 11 is 0. The van der Waals surface area contributed by atoms with E-state index in [2.05, 4.69) is 31.0 Å². The fraction of sp³-hybridized carbons (Fsp3) is 1.00. The molecule has 1 saturated heterocycles. The van der Waals surface area contributed by atoms with Crippen molar-refractivity contribution in [1.82, 2.24) is 10.2 Å². The number of hydrogen-bond donors (Lipinski definition) is 1. The van der Waals surface area contributed by atoms with Crippen LogP contribution in [0.5, 0.6) is 0 Å². The van der Waals surface area contributed by atoms with Crippen molar-refractivity contribution < 1.29 is 0 Å². The highest BCUT2D eigenvalue weighted by molar-refractivity contribution is 4.84. The van der Waals surface area contributed by atoms with E-state index in [9.17, 15) is 0 Å². The summed E-state index contributed by atoms with van der Waals surface area (Å²) in [6.07, 6.45) is 11.5. The normalized spacial score (nSPS) is 29.2. The molecule has 0 unspecified atom stereocenters. The van der Waals surface area contributed by atoms with E-state index >= 15 is 0 Å². The Labute approximate surface area is 126 Å². The van der Waals surface area contributed by atoms with Crippen molar-refractivity contribution in [2.45, 2.75) is 84.2 Å². The molecule has 0 aromatic carbocycles. The molecule has 1 N–H and O–H groups in total. The fourth-order valence-electron chi connectivity index (χ4n) is 4.32. The van der Waals surface area contributed by atoms with Gasteiger partial charge in [0.05, 0.1) is 0 Å². The van der Waals surface area contributed by atoms with Crippen molar-refractivity contribution in [2.24, 2.45) is 11.8 Å². The second-order valence-electron chi connectivity index (χ2n) is 7.45. The van der Waals surface area contributed by atoms with E-state index in [0.717, 1.165) is 23.9 Å². The Hall–Kier alpha value is -0.0800. The maximum atomic E-state index is 3.50. The first kappa shape index (κ1) is 16.3. The smallest absolute Gasteiger partial charge is 0.00982 e. The highest BCUT2D eigenvalue weighted by atomic mass is 15.2. The average molecular weight is 281 g/mol. The lowest BCUT2D eigenvalue weighted by Gasteiger charge is -2.41. The predicted octanol–water partition coefficient (Wildman–Crippen LogP) is 4.06. The zero-order chi connectivity index (χ0) is 14.4. The van der Waals surface area contributed by atoms with Crippen LogP contribution in [0.2, 0.25) is 0 Å². The first-order chi connectivity index (χ1) is 9.70. The minimum atomic E-state index is 0.720. The third-order valence-electron chi connectivity index (χ3n) is 5.57. The first-order valence-electron chi connectivity index (χ1n) is 9.17. The average Bonchev–Trinajstić information content (AvgIpc) is 2.47. The van der Waals surface area contributed by atoms with Gasteiger partial charge < -0.3 is 5.32 Å². The van der Waals surface area contributed by atoms with Gasteiger partial charge in [-0.1, -0.05) is 19.8 Å². The van der Waals surface area contributed by atoms with Gasteiger partial charge >= 0.3 is 0 Å². The number of nitrogens with one attached hydrogen (secondary N) is 1. The van der Waals surface area contributed by atoms with Gasteiger partial charge in [-0.15, -0.1) is 0 Å². The predicted molar refractivity (Wildman–Crippen MR) is 88.1 cm³/mol. The zero-order valence-corrected chi connectivity index (χ0v) is 14.0. The molecular weight excluding hydrogens is 244 g/mol. The van der Waals surface area contributed by atoms with Crippen LogP contribution in [0.1, 0.15) is 72.1 Å². The van der Waals surface area contributed by atoms with Crippen LogP contribution in [0.3, 0.4) is 0 Å². The first-order valence-corrected chi connectivity index (χ1v) is 9.17. The van der Waals surface area contributed by atoms with Gasteiger partial charge in [0.2, 0.25) is 0 Å². The number of hydrogen-bond acceptors (Lipinski definition) is 2. The van der Waals surface area contributed by atoms with E-state index in [1.165, 1.54) is 71.0 Å². The molecule has 0 bridgehead atoms. The van der Waals surface area contributed by atoms with Gasteiger partial charge in [0.15, 0.2) is 0 Å². The molecule has 0 radical (unpaired) electrons. The van der Waals surface area contributed by atoms with Crippen molar-refractivity contribution >= 4 is 0 Å². The van der Waals surface area contributed by atoms with Crippen LogP contribution >= 0.6 is 0 Å². The molecule has 2 fully saturated rings. The summed E-state index contributed by atoms with van der Waals surface area (Å²) in [6.45, 7) is 11.0. The molecular formula is C18H36N2. The van der Waals surface area contributed by atoms with Crippen LogP contribution in [0.15, 0.2) is 0 Å². The van der Waals surface area contributed by atoms with E-state index in [0.29, 0.717) is 0 Å². The maximum absolute atomic E-state index is 3.50. The number of rotatable bonds is 6. The summed E-state index contributed by atoms with van der Waals surface area (Å²) in [5.74, 6) is 1.97. The van der Waals surface area contributed by atoms with Crippen LogP contribution in [0, 0.1) is 11.8 Å². The quantitative estimate of drug-likeness (QED) is 0.789. The topological polar surface area (TPSA) is 15.3 Å². The van der Waals surface area contributed by atoms with Gasteiger partial charge in [0.1, 0.15) is 0 Å². The highest BCUT2D eigenvalue weighted by Crippen LogP contribution is 2.32. The Kier molecular flexibility index (Phi) is 6.83. The van der Waals surface area contributed by atoms with Gasteiger partial charge in [0.25, 0.3) is 0 Å². The van der Waals surface area contributed by atoms with Crippen LogP contribution in [0.25, 0.3) is 0 Å². The van der Waals surface area contributed by atoms with Gasteiger partial charge in [-0.2, -0.15) is 0 Å². The molecule has 2 nitrogen and oxygen atoms in total. The Bertz CT molecular complexity index is 250. The van der Waals surface area contributed by atoms with Crippen molar-refractivity contribution in [3.63, 3.8) is 0 Å². The SMILES string of the molecule is CCCC1CCC(N(CC2CCNCC2)C(C)C)CC1. The van der Waals surface area contributed by atoms with Crippen LogP contribution in [-0.4, -0.2) is 36.6 Å². The molecule has 2 heteroatoms. The van der Waals surface area contributed by atoms with Crippen LogP contribution in [-0.2, 0) is 0 Å². The van der Waals surface area contributed by atoms with Gasteiger partial charge in [-0.3, -0.25) is 4.90 Å². The number of nitrogens with zero attached hydrogens (tertiary/aromatic N) is 1. The molecule has 2 rings (SSSR count). The summed E-state index contributed by atoms with van der Waals surface area (Å²) in [5.41, 5.74) is 0. The van der Waals surface area contributed by atoms with Crippen LogP contribution in [0.4, 0.5) is 0 Å². The lowest BCUT2D eigenvalue weighted by molar-refractivity contribution is 0.0791. The Morgan fingerprint density at radius 2 is 1.60 bits per heavy atom. The third kappa shape index (κ3) is 4.73.